The molecule has 0 aliphatic heterocycles. The number of rotatable bonds is 5. The lowest BCUT2D eigenvalue weighted by atomic mass is 10.3. The summed E-state index contributed by atoms with van der Waals surface area (Å²) >= 11 is 4.76. The van der Waals surface area contributed by atoms with Gasteiger partial charge in [0.1, 0.15) is 6.54 Å². The summed E-state index contributed by atoms with van der Waals surface area (Å²) in [6.45, 7) is 2.30. The average molecular weight is 267 g/mol. The van der Waals surface area contributed by atoms with Crippen LogP contribution in [0, 0.1) is 6.92 Å². The minimum Gasteiger partial charge on any atom is -0.393 e. The zero-order valence-electron chi connectivity index (χ0n) is 10.5. The molecule has 5 nitrogen and oxygen atoms in total. The van der Waals surface area contributed by atoms with Crippen LogP contribution in [0.1, 0.15) is 12.1 Å². The maximum Gasteiger partial charge on any atom is 0.251 e. The van der Waals surface area contributed by atoms with E-state index in [9.17, 15) is 9.59 Å². The third-order valence-electron chi connectivity index (χ3n) is 2.68. The van der Waals surface area contributed by atoms with Crippen molar-refractivity contribution in [2.24, 2.45) is 5.73 Å². The van der Waals surface area contributed by atoms with Gasteiger partial charge in [-0.2, -0.15) is 0 Å². The first-order valence-corrected chi connectivity index (χ1v) is 6.01. The van der Waals surface area contributed by atoms with E-state index in [1.807, 2.05) is 0 Å². The van der Waals surface area contributed by atoms with Crippen LogP contribution in [-0.2, 0) is 11.3 Å². The van der Waals surface area contributed by atoms with E-state index in [1.54, 1.807) is 26.1 Å². The predicted octanol–water partition coefficient (Wildman–Crippen LogP) is 0.291. The molecule has 0 spiro atoms. The largest absolute Gasteiger partial charge is 0.393 e. The molecule has 1 rings (SSSR count). The van der Waals surface area contributed by atoms with Gasteiger partial charge in [-0.3, -0.25) is 9.59 Å². The highest BCUT2D eigenvalue weighted by atomic mass is 32.1. The first-order chi connectivity index (χ1) is 8.41. The van der Waals surface area contributed by atoms with Crippen molar-refractivity contribution < 1.29 is 4.79 Å². The SMILES string of the molecule is Cc1cccc(=O)n1CC(=O)N(C)CCC(N)=S. The van der Waals surface area contributed by atoms with Gasteiger partial charge >= 0.3 is 0 Å². The van der Waals surface area contributed by atoms with Crippen molar-refractivity contribution in [1.29, 1.82) is 0 Å². The van der Waals surface area contributed by atoms with E-state index in [4.69, 9.17) is 18.0 Å². The summed E-state index contributed by atoms with van der Waals surface area (Å²) in [4.78, 5) is 25.4. The first kappa shape index (κ1) is 14.4. The lowest BCUT2D eigenvalue weighted by Gasteiger charge is -2.18. The van der Waals surface area contributed by atoms with Crippen LogP contribution in [0.15, 0.2) is 23.0 Å². The quantitative estimate of drug-likeness (QED) is 0.779. The van der Waals surface area contributed by atoms with Crippen LogP contribution >= 0.6 is 12.2 Å². The van der Waals surface area contributed by atoms with Crippen molar-refractivity contribution >= 4 is 23.1 Å². The number of aryl methyl sites for hydroxylation is 1. The monoisotopic (exact) mass is 267 g/mol. The third-order valence-corrected chi connectivity index (χ3v) is 2.88. The molecule has 0 atom stereocenters. The smallest absolute Gasteiger partial charge is 0.251 e. The highest BCUT2D eigenvalue weighted by Gasteiger charge is 2.11. The van der Waals surface area contributed by atoms with E-state index in [-0.39, 0.29) is 18.0 Å². The number of thiocarbonyl (C=S) groups is 1. The Kier molecular flexibility index (Phi) is 5.03. The molecule has 0 radical (unpaired) electrons. The minimum atomic E-state index is -0.175. The molecule has 0 fully saturated rings. The normalized spacial score (nSPS) is 10.1. The summed E-state index contributed by atoms with van der Waals surface area (Å²) in [5.74, 6) is -0.136. The van der Waals surface area contributed by atoms with Crippen LogP contribution in [0.4, 0.5) is 0 Å². The van der Waals surface area contributed by atoms with E-state index in [1.165, 1.54) is 15.5 Å². The van der Waals surface area contributed by atoms with Gasteiger partial charge in [0.2, 0.25) is 5.91 Å². The van der Waals surface area contributed by atoms with Crippen molar-refractivity contribution in [2.45, 2.75) is 19.9 Å². The highest BCUT2D eigenvalue weighted by molar-refractivity contribution is 7.80. The van der Waals surface area contributed by atoms with Gasteiger partial charge in [0.25, 0.3) is 5.56 Å². The number of pyridine rings is 1. The van der Waals surface area contributed by atoms with E-state index < -0.39 is 0 Å². The summed E-state index contributed by atoms with van der Waals surface area (Å²) in [6.07, 6.45) is 0.486. The van der Waals surface area contributed by atoms with Crippen LogP contribution < -0.4 is 11.3 Å². The Morgan fingerprint density at radius 3 is 2.72 bits per heavy atom. The zero-order valence-corrected chi connectivity index (χ0v) is 11.4. The molecule has 0 saturated carbocycles. The topological polar surface area (TPSA) is 68.3 Å². The molecule has 0 aliphatic rings. The van der Waals surface area contributed by atoms with Gasteiger partial charge in [-0.15, -0.1) is 0 Å². The summed E-state index contributed by atoms with van der Waals surface area (Å²) in [5, 5.41) is 0. The summed E-state index contributed by atoms with van der Waals surface area (Å²) in [5.41, 5.74) is 5.97. The molecular formula is C12H17N3O2S. The summed E-state index contributed by atoms with van der Waals surface area (Å²) in [6, 6.07) is 4.91. The fraction of sp³-hybridized carbons (Fsp3) is 0.417. The number of aromatic nitrogens is 1. The number of amides is 1. The number of likely N-dealkylation sites (N-methyl/N-ethyl adjacent to an activating group) is 1. The Morgan fingerprint density at radius 2 is 2.17 bits per heavy atom. The van der Waals surface area contributed by atoms with Gasteiger partial charge in [-0.05, 0) is 13.0 Å². The summed E-state index contributed by atoms with van der Waals surface area (Å²) in [7, 11) is 1.67. The average Bonchev–Trinajstić information content (AvgIpc) is 2.30. The van der Waals surface area contributed by atoms with Gasteiger partial charge in [0.05, 0.1) is 4.99 Å². The molecule has 18 heavy (non-hydrogen) atoms. The van der Waals surface area contributed by atoms with Crippen LogP contribution in [0.25, 0.3) is 0 Å². The van der Waals surface area contributed by atoms with E-state index >= 15 is 0 Å². The lowest BCUT2D eigenvalue weighted by molar-refractivity contribution is -0.130. The molecule has 1 amide bonds. The summed E-state index contributed by atoms with van der Waals surface area (Å²) < 4.78 is 1.44. The minimum absolute atomic E-state index is 0.0410. The molecule has 1 aromatic rings. The van der Waals surface area contributed by atoms with Crippen molar-refractivity contribution in [3.63, 3.8) is 0 Å². The Balaban J connectivity index is 2.70. The fourth-order valence-electron chi connectivity index (χ4n) is 1.48. The van der Waals surface area contributed by atoms with Gasteiger partial charge in [-0.25, -0.2) is 0 Å². The molecule has 0 aromatic carbocycles. The Morgan fingerprint density at radius 1 is 1.50 bits per heavy atom. The second kappa shape index (κ2) is 6.30. The number of carbonyl (C=O) groups excluding carboxylic acids is 1. The molecule has 98 valence electrons. The highest BCUT2D eigenvalue weighted by Crippen LogP contribution is 1.97. The molecule has 0 bridgehead atoms. The molecule has 2 N–H and O–H groups in total. The van der Waals surface area contributed by atoms with Gasteiger partial charge in [0, 0.05) is 31.8 Å². The number of hydrogen-bond acceptors (Lipinski definition) is 3. The van der Waals surface area contributed by atoms with Crippen molar-refractivity contribution in [3.05, 3.63) is 34.2 Å². The number of carbonyl (C=O) groups is 1. The predicted molar refractivity (Wildman–Crippen MR) is 74.5 cm³/mol. The molecule has 0 aliphatic carbocycles. The zero-order chi connectivity index (χ0) is 13.7. The second-order valence-electron chi connectivity index (χ2n) is 4.12. The van der Waals surface area contributed by atoms with E-state index in [0.717, 1.165) is 5.69 Å². The molecular weight excluding hydrogens is 250 g/mol. The number of nitrogens with two attached hydrogens (primary N) is 1. The van der Waals surface area contributed by atoms with Gasteiger partial charge < -0.3 is 15.2 Å². The lowest BCUT2D eigenvalue weighted by Crippen LogP contribution is -2.36. The van der Waals surface area contributed by atoms with Crippen molar-refractivity contribution in [2.75, 3.05) is 13.6 Å². The van der Waals surface area contributed by atoms with Crippen molar-refractivity contribution in [1.82, 2.24) is 9.47 Å². The second-order valence-corrected chi connectivity index (χ2v) is 4.65. The number of hydrogen-bond donors (Lipinski definition) is 1. The van der Waals surface area contributed by atoms with Crippen LogP contribution in [-0.4, -0.2) is 34.0 Å². The number of nitrogens with zero attached hydrogens (tertiary/aromatic N) is 2. The molecule has 6 heteroatoms. The molecule has 0 saturated heterocycles. The standard InChI is InChI=1S/C12H17N3O2S/c1-9-4-3-5-11(16)15(9)8-12(17)14(2)7-6-10(13)18/h3-5H,6-8H2,1-2H3,(H2,13,18). The first-order valence-electron chi connectivity index (χ1n) is 5.60. The fourth-order valence-corrected chi connectivity index (χ4v) is 1.58. The Bertz CT molecular complexity index is 510. The van der Waals surface area contributed by atoms with Crippen molar-refractivity contribution in [3.8, 4) is 0 Å². The molecule has 1 heterocycles. The van der Waals surface area contributed by atoms with Crippen LogP contribution in [0.5, 0.6) is 0 Å². The van der Waals surface area contributed by atoms with Crippen LogP contribution in [0.2, 0.25) is 0 Å². The van der Waals surface area contributed by atoms with Crippen LogP contribution in [0.3, 0.4) is 0 Å². The molecule has 0 unspecified atom stereocenters. The maximum atomic E-state index is 11.9. The Labute approximate surface area is 111 Å². The third kappa shape index (κ3) is 3.96. The van der Waals surface area contributed by atoms with Gasteiger partial charge in [0.15, 0.2) is 0 Å². The van der Waals surface area contributed by atoms with Gasteiger partial charge in [-0.1, -0.05) is 18.3 Å². The van der Waals surface area contributed by atoms with E-state index in [0.29, 0.717) is 18.0 Å². The molecule has 1 aromatic heterocycles. The van der Waals surface area contributed by atoms with E-state index in [2.05, 4.69) is 0 Å². The maximum absolute atomic E-state index is 11.9. The Hall–Kier alpha value is -1.69.